The predicted molar refractivity (Wildman–Crippen MR) is 83.6 cm³/mol. The van der Waals surface area contributed by atoms with Gasteiger partial charge in [0.1, 0.15) is 11.5 Å². The number of hydrogen-bond acceptors (Lipinski definition) is 2. The second-order valence-electron chi connectivity index (χ2n) is 6.07. The van der Waals surface area contributed by atoms with Crippen molar-refractivity contribution >= 4 is 22.9 Å². The molecule has 0 saturated carbocycles. The van der Waals surface area contributed by atoms with Crippen LogP contribution in [-0.2, 0) is 5.41 Å². The van der Waals surface area contributed by atoms with E-state index in [1.165, 1.54) is 15.3 Å². The van der Waals surface area contributed by atoms with Gasteiger partial charge >= 0.3 is 0 Å². The van der Waals surface area contributed by atoms with E-state index in [-0.39, 0.29) is 10.8 Å². The number of furan rings is 1. The van der Waals surface area contributed by atoms with Crippen molar-refractivity contribution in [1.29, 1.82) is 0 Å². The van der Waals surface area contributed by atoms with E-state index in [1.807, 2.05) is 13.8 Å². The second-order valence-corrected chi connectivity index (χ2v) is 7.62. The average molecular weight is 297 g/mol. The molecule has 1 atom stereocenters. The van der Waals surface area contributed by atoms with Crippen LogP contribution in [0.25, 0.3) is 0 Å². The zero-order chi connectivity index (χ0) is 14.4. The predicted octanol–water partition coefficient (Wildman–Crippen LogP) is 5.89. The zero-order valence-electron chi connectivity index (χ0n) is 12.4. The van der Waals surface area contributed by atoms with Crippen LogP contribution in [0.15, 0.2) is 16.5 Å². The third-order valence-corrected chi connectivity index (χ3v) is 5.65. The summed E-state index contributed by atoms with van der Waals surface area (Å²) in [6, 6.07) is 4.33. The Morgan fingerprint density at radius 2 is 1.74 bits per heavy atom. The van der Waals surface area contributed by atoms with Gasteiger partial charge in [0.15, 0.2) is 0 Å². The molecular formula is C16H21ClOS. The van der Waals surface area contributed by atoms with E-state index in [0.29, 0.717) is 0 Å². The molecule has 0 spiro atoms. The molecule has 0 amide bonds. The third kappa shape index (κ3) is 2.75. The lowest BCUT2D eigenvalue weighted by atomic mass is 9.95. The average Bonchev–Trinajstić information content (AvgIpc) is 2.84. The van der Waals surface area contributed by atoms with E-state index in [9.17, 15) is 0 Å². The largest absolute Gasteiger partial charge is 0.466 e. The lowest BCUT2D eigenvalue weighted by molar-refractivity contribution is 0.500. The van der Waals surface area contributed by atoms with E-state index in [1.54, 1.807) is 11.3 Å². The summed E-state index contributed by atoms with van der Waals surface area (Å²) in [5.74, 6) is 1.89. The van der Waals surface area contributed by atoms with E-state index >= 15 is 0 Å². The van der Waals surface area contributed by atoms with Crippen LogP contribution in [-0.4, -0.2) is 0 Å². The fraction of sp³-hybridized carbons (Fsp3) is 0.500. The Morgan fingerprint density at radius 3 is 2.16 bits per heavy atom. The molecule has 0 radical (unpaired) electrons. The molecule has 0 bridgehead atoms. The molecular weight excluding hydrogens is 276 g/mol. The highest BCUT2D eigenvalue weighted by Gasteiger charge is 2.24. The first kappa shape index (κ1) is 14.7. The highest BCUT2D eigenvalue weighted by atomic mass is 35.5. The molecule has 104 valence electrons. The van der Waals surface area contributed by atoms with Gasteiger partial charge in [-0.05, 0) is 43.9 Å². The van der Waals surface area contributed by atoms with E-state index in [0.717, 1.165) is 17.1 Å². The Kier molecular flexibility index (Phi) is 3.85. The van der Waals surface area contributed by atoms with Crippen LogP contribution in [0.4, 0.5) is 0 Å². The van der Waals surface area contributed by atoms with Crippen molar-refractivity contribution in [3.05, 3.63) is 44.5 Å². The summed E-state index contributed by atoms with van der Waals surface area (Å²) in [6.45, 7) is 12.7. The smallest absolute Gasteiger partial charge is 0.106 e. The Labute approximate surface area is 124 Å². The van der Waals surface area contributed by atoms with Gasteiger partial charge in [0.05, 0.1) is 5.38 Å². The monoisotopic (exact) mass is 296 g/mol. The summed E-state index contributed by atoms with van der Waals surface area (Å²) in [4.78, 5) is 2.56. The van der Waals surface area contributed by atoms with Gasteiger partial charge in [-0.1, -0.05) is 20.8 Å². The normalized spacial score (nSPS) is 13.8. The van der Waals surface area contributed by atoms with Gasteiger partial charge < -0.3 is 4.42 Å². The summed E-state index contributed by atoms with van der Waals surface area (Å²) in [6.07, 6.45) is 0. The van der Waals surface area contributed by atoms with Crippen molar-refractivity contribution in [3.63, 3.8) is 0 Å². The molecule has 1 nitrogen and oxygen atoms in total. The molecule has 3 heteroatoms. The molecule has 2 rings (SSSR count). The van der Waals surface area contributed by atoms with Crippen molar-refractivity contribution < 1.29 is 4.42 Å². The lowest BCUT2D eigenvalue weighted by Crippen LogP contribution is -2.07. The van der Waals surface area contributed by atoms with E-state index in [4.69, 9.17) is 16.0 Å². The quantitative estimate of drug-likeness (QED) is 0.630. The maximum Gasteiger partial charge on any atom is 0.106 e. The SMILES string of the molecule is Cc1oc(C)c(C(Cl)c2ccc(C(C)(C)C)s2)c1C. The second kappa shape index (κ2) is 4.99. The van der Waals surface area contributed by atoms with Gasteiger partial charge in [0.25, 0.3) is 0 Å². The summed E-state index contributed by atoms with van der Waals surface area (Å²) >= 11 is 8.47. The van der Waals surface area contributed by atoms with Gasteiger partial charge in [-0.2, -0.15) is 0 Å². The van der Waals surface area contributed by atoms with Crippen LogP contribution in [0.5, 0.6) is 0 Å². The molecule has 1 unspecified atom stereocenters. The minimum Gasteiger partial charge on any atom is -0.466 e. The van der Waals surface area contributed by atoms with Gasteiger partial charge in [0, 0.05) is 15.3 Å². The van der Waals surface area contributed by atoms with Crippen LogP contribution in [0, 0.1) is 20.8 Å². The number of hydrogen-bond donors (Lipinski definition) is 0. The van der Waals surface area contributed by atoms with Crippen molar-refractivity contribution in [1.82, 2.24) is 0 Å². The first-order chi connectivity index (χ1) is 8.71. The van der Waals surface area contributed by atoms with E-state index in [2.05, 4.69) is 39.8 Å². The van der Waals surface area contributed by atoms with Crippen molar-refractivity contribution in [3.8, 4) is 0 Å². The number of aryl methyl sites for hydroxylation is 2. The van der Waals surface area contributed by atoms with Crippen molar-refractivity contribution in [2.24, 2.45) is 0 Å². The molecule has 0 fully saturated rings. The molecule has 0 saturated heterocycles. The summed E-state index contributed by atoms with van der Waals surface area (Å²) in [5.41, 5.74) is 2.47. The Hall–Kier alpha value is -0.730. The van der Waals surface area contributed by atoms with Crippen LogP contribution >= 0.6 is 22.9 Å². The minimum absolute atomic E-state index is 0.112. The van der Waals surface area contributed by atoms with Crippen LogP contribution in [0.3, 0.4) is 0 Å². The van der Waals surface area contributed by atoms with Crippen molar-refractivity contribution in [2.75, 3.05) is 0 Å². The topological polar surface area (TPSA) is 13.1 Å². The first-order valence-electron chi connectivity index (χ1n) is 6.52. The fourth-order valence-electron chi connectivity index (χ4n) is 2.22. The van der Waals surface area contributed by atoms with Crippen LogP contribution < -0.4 is 0 Å². The van der Waals surface area contributed by atoms with Crippen LogP contribution in [0.2, 0.25) is 0 Å². The Balaban J connectivity index is 2.39. The van der Waals surface area contributed by atoms with Gasteiger partial charge in [-0.3, -0.25) is 0 Å². The number of halogens is 1. The molecule has 0 aliphatic rings. The Bertz CT molecular complexity index is 586. The molecule has 0 aliphatic carbocycles. The minimum atomic E-state index is -0.112. The molecule has 0 aromatic carbocycles. The first-order valence-corrected chi connectivity index (χ1v) is 7.78. The van der Waals surface area contributed by atoms with Crippen LogP contribution in [0.1, 0.15) is 58.5 Å². The lowest BCUT2D eigenvalue weighted by Gasteiger charge is -2.15. The van der Waals surface area contributed by atoms with Gasteiger partial charge in [-0.25, -0.2) is 0 Å². The number of thiophene rings is 1. The molecule has 2 aromatic heterocycles. The highest BCUT2D eigenvalue weighted by Crippen LogP contribution is 2.41. The number of alkyl halides is 1. The van der Waals surface area contributed by atoms with E-state index < -0.39 is 0 Å². The standard InChI is InChI=1S/C16H21ClOS/c1-9-10(2)18-11(3)14(9)15(17)12-7-8-13(19-12)16(4,5)6/h7-8,15H,1-6H3. The maximum absolute atomic E-state index is 6.67. The molecule has 0 N–H and O–H groups in total. The van der Waals surface area contributed by atoms with Crippen molar-refractivity contribution in [2.45, 2.75) is 52.3 Å². The molecule has 19 heavy (non-hydrogen) atoms. The Morgan fingerprint density at radius 1 is 1.11 bits per heavy atom. The highest BCUT2D eigenvalue weighted by molar-refractivity contribution is 7.12. The van der Waals surface area contributed by atoms with Gasteiger partial charge in [0.2, 0.25) is 0 Å². The number of rotatable bonds is 2. The molecule has 0 aliphatic heterocycles. The molecule has 2 aromatic rings. The summed E-state index contributed by atoms with van der Waals surface area (Å²) in [7, 11) is 0. The fourth-order valence-corrected chi connectivity index (χ4v) is 3.80. The third-order valence-electron chi connectivity index (χ3n) is 3.49. The summed E-state index contributed by atoms with van der Waals surface area (Å²) < 4.78 is 5.68. The van der Waals surface area contributed by atoms with Gasteiger partial charge in [-0.15, -0.1) is 22.9 Å². The maximum atomic E-state index is 6.67. The molecule has 2 heterocycles. The zero-order valence-corrected chi connectivity index (χ0v) is 14.0. The summed E-state index contributed by atoms with van der Waals surface area (Å²) in [5, 5.41) is -0.112.